The number of para-hydroxylation sites is 1. The topological polar surface area (TPSA) is 60.5 Å². The number of fused-ring (bicyclic) bond motifs is 1. The summed E-state index contributed by atoms with van der Waals surface area (Å²) in [6.07, 6.45) is 0. The summed E-state index contributed by atoms with van der Waals surface area (Å²) in [5, 5.41) is 5.95. The van der Waals surface area contributed by atoms with Gasteiger partial charge in [-0.3, -0.25) is 4.79 Å². The summed E-state index contributed by atoms with van der Waals surface area (Å²) < 4.78 is 11.2. The molecule has 1 aliphatic heterocycles. The predicted molar refractivity (Wildman–Crippen MR) is 118 cm³/mol. The molecule has 4 aromatic rings. The Balaban J connectivity index is 1.39. The van der Waals surface area contributed by atoms with Gasteiger partial charge in [-0.25, -0.2) is 4.98 Å². The van der Waals surface area contributed by atoms with Crippen molar-refractivity contribution in [3.05, 3.63) is 83.7 Å². The summed E-state index contributed by atoms with van der Waals surface area (Å²) in [5.74, 6) is 0.848. The van der Waals surface area contributed by atoms with Crippen molar-refractivity contribution in [2.45, 2.75) is 0 Å². The molecule has 1 aromatic heterocycles. The Labute approximate surface area is 177 Å². The number of rotatable bonds is 4. The third-order valence-electron chi connectivity index (χ3n) is 4.75. The maximum absolute atomic E-state index is 12.9. The first-order chi connectivity index (χ1) is 14.8. The fourth-order valence-electron chi connectivity index (χ4n) is 3.33. The van der Waals surface area contributed by atoms with Crippen molar-refractivity contribution in [1.82, 2.24) is 4.98 Å². The lowest BCUT2D eigenvalue weighted by molar-refractivity contribution is 0.101. The number of ether oxygens (including phenoxy) is 2. The highest BCUT2D eigenvalue weighted by atomic mass is 32.1. The largest absolute Gasteiger partial charge is 0.486 e. The molecule has 3 aromatic carbocycles. The van der Waals surface area contributed by atoms with Crippen molar-refractivity contribution in [2.24, 2.45) is 0 Å². The van der Waals surface area contributed by atoms with Gasteiger partial charge in [-0.2, -0.15) is 0 Å². The van der Waals surface area contributed by atoms with Gasteiger partial charge in [0.25, 0.3) is 5.91 Å². The molecular weight excluding hydrogens is 396 g/mol. The number of benzene rings is 3. The highest BCUT2D eigenvalue weighted by Gasteiger charge is 2.20. The first kappa shape index (κ1) is 18.4. The zero-order valence-electron chi connectivity index (χ0n) is 16.0. The summed E-state index contributed by atoms with van der Waals surface area (Å²) in [4.78, 5) is 17.6. The zero-order valence-corrected chi connectivity index (χ0v) is 16.8. The second kappa shape index (κ2) is 8.00. The maximum atomic E-state index is 12.9. The van der Waals surface area contributed by atoms with Crippen LogP contribution in [0.25, 0.3) is 21.8 Å². The van der Waals surface area contributed by atoms with Gasteiger partial charge in [0.15, 0.2) is 11.5 Å². The van der Waals surface area contributed by atoms with Crippen LogP contribution >= 0.6 is 11.3 Å². The average molecular weight is 414 g/mol. The molecule has 30 heavy (non-hydrogen) atoms. The molecule has 0 aliphatic carbocycles. The van der Waals surface area contributed by atoms with Crippen LogP contribution in [0.5, 0.6) is 11.5 Å². The molecule has 5 rings (SSSR count). The van der Waals surface area contributed by atoms with Crippen molar-refractivity contribution in [2.75, 3.05) is 18.5 Å². The highest BCUT2D eigenvalue weighted by molar-refractivity contribution is 7.13. The van der Waals surface area contributed by atoms with Crippen LogP contribution in [0.4, 0.5) is 5.69 Å². The molecule has 0 unspecified atom stereocenters. The minimum absolute atomic E-state index is 0.238. The van der Waals surface area contributed by atoms with E-state index in [-0.39, 0.29) is 5.91 Å². The number of hydrogen-bond donors (Lipinski definition) is 1. The number of hydrogen-bond acceptors (Lipinski definition) is 5. The van der Waals surface area contributed by atoms with Gasteiger partial charge in [-0.1, -0.05) is 48.5 Å². The Hall–Kier alpha value is -3.64. The number of carbonyl (C=O) groups excluding carboxylic acids is 1. The third-order valence-corrected chi connectivity index (χ3v) is 5.64. The van der Waals surface area contributed by atoms with Gasteiger partial charge in [-0.05, 0) is 24.3 Å². The monoisotopic (exact) mass is 414 g/mol. The van der Waals surface area contributed by atoms with Crippen LogP contribution in [0.3, 0.4) is 0 Å². The molecule has 1 aliphatic rings. The minimum Gasteiger partial charge on any atom is -0.486 e. The molecule has 0 saturated carbocycles. The van der Waals surface area contributed by atoms with Gasteiger partial charge >= 0.3 is 0 Å². The van der Waals surface area contributed by atoms with E-state index in [0.29, 0.717) is 36.0 Å². The first-order valence-corrected chi connectivity index (χ1v) is 10.5. The third kappa shape index (κ3) is 3.65. The van der Waals surface area contributed by atoms with Crippen LogP contribution in [0.15, 0.2) is 78.2 Å². The van der Waals surface area contributed by atoms with E-state index in [9.17, 15) is 4.79 Å². The molecule has 0 atom stereocenters. The molecular formula is C24H18N2O3S. The van der Waals surface area contributed by atoms with Crippen molar-refractivity contribution < 1.29 is 14.3 Å². The number of nitrogens with one attached hydrogen (secondary N) is 1. The SMILES string of the molecule is O=C(Nc1cccc(-c2csc(-c3ccccc3)n2)c1)c1cccc2c1OCCO2. The number of aromatic nitrogens is 1. The fourth-order valence-corrected chi connectivity index (χ4v) is 4.16. The van der Waals surface area contributed by atoms with Gasteiger partial charge in [-0.15, -0.1) is 11.3 Å². The number of anilines is 1. The normalized spacial score (nSPS) is 12.4. The molecule has 1 N–H and O–H groups in total. The Morgan fingerprint density at radius 1 is 0.900 bits per heavy atom. The number of amides is 1. The maximum Gasteiger partial charge on any atom is 0.259 e. The second-order valence-corrected chi connectivity index (χ2v) is 7.63. The van der Waals surface area contributed by atoms with Crippen LogP contribution in [-0.2, 0) is 0 Å². The minimum atomic E-state index is -0.238. The molecule has 2 heterocycles. The summed E-state index contributed by atoms with van der Waals surface area (Å²) in [5.41, 5.74) is 4.07. The molecule has 0 radical (unpaired) electrons. The summed E-state index contributed by atoms with van der Waals surface area (Å²) in [7, 11) is 0. The number of nitrogens with zero attached hydrogens (tertiary/aromatic N) is 1. The molecule has 5 nitrogen and oxygen atoms in total. The number of carbonyl (C=O) groups is 1. The van der Waals surface area contributed by atoms with Gasteiger partial charge in [0.2, 0.25) is 0 Å². The molecule has 148 valence electrons. The van der Waals surface area contributed by atoms with E-state index in [1.54, 1.807) is 29.5 Å². The molecule has 0 bridgehead atoms. The Kier molecular flexibility index (Phi) is 4.91. The lowest BCUT2D eigenvalue weighted by Crippen LogP contribution is -2.20. The standard InChI is InChI=1S/C24H18N2O3S/c27-23(19-10-5-11-21-22(19)29-13-12-28-21)25-18-9-4-8-17(14-18)20-15-30-24(26-20)16-6-2-1-3-7-16/h1-11,14-15H,12-13H2,(H,25,27). The first-order valence-electron chi connectivity index (χ1n) is 9.59. The quantitative estimate of drug-likeness (QED) is 0.479. The van der Waals surface area contributed by atoms with Crippen molar-refractivity contribution in [3.8, 4) is 33.3 Å². The van der Waals surface area contributed by atoms with Gasteiger partial charge < -0.3 is 14.8 Å². The van der Waals surface area contributed by atoms with E-state index in [0.717, 1.165) is 21.8 Å². The van der Waals surface area contributed by atoms with E-state index >= 15 is 0 Å². The van der Waals surface area contributed by atoms with E-state index in [2.05, 4.69) is 5.32 Å². The van der Waals surface area contributed by atoms with Crippen molar-refractivity contribution in [1.29, 1.82) is 0 Å². The van der Waals surface area contributed by atoms with E-state index in [1.165, 1.54) is 0 Å². The zero-order chi connectivity index (χ0) is 20.3. The van der Waals surface area contributed by atoms with Gasteiger partial charge in [0, 0.05) is 22.2 Å². The van der Waals surface area contributed by atoms with E-state index < -0.39 is 0 Å². The van der Waals surface area contributed by atoms with Crippen LogP contribution in [0.2, 0.25) is 0 Å². The lowest BCUT2D eigenvalue weighted by atomic mass is 10.1. The van der Waals surface area contributed by atoms with Crippen molar-refractivity contribution in [3.63, 3.8) is 0 Å². The van der Waals surface area contributed by atoms with E-state index in [1.807, 2.05) is 60.0 Å². The Morgan fingerprint density at radius 2 is 1.70 bits per heavy atom. The van der Waals surface area contributed by atoms with Crippen LogP contribution in [-0.4, -0.2) is 24.1 Å². The van der Waals surface area contributed by atoms with Crippen LogP contribution < -0.4 is 14.8 Å². The second-order valence-electron chi connectivity index (χ2n) is 6.77. The fraction of sp³-hybridized carbons (Fsp3) is 0.0833. The van der Waals surface area contributed by atoms with Crippen LogP contribution in [0, 0.1) is 0 Å². The van der Waals surface area contributed by atoms with Crippen molar-refractivity contribution >= 4 is 22.9 Å². The van der Waals surface area contributed by atoms with Gasteiger partial charge in [0.05, 0.1) is 11.3 Å². The molecule has 0 fully saturated rings. The van der Waals surface area contributed by atoms with E-state index in [4.69, 9.17) is 14.5 Å². The molecule has 1 amide bonds. The average Bonchev–Trinajstić information content (AvgIpc) is 3.30. The molecule has 6 heteroatoms. The summed E-state index contributed by atoms with van der Waals surface area (Å²) >= 11 is 1.60. The predicted octanol–water partition coefficient (Wildman–Crippen LogP) is 5.50. The molecule has 0 saturated heterocycles. The summed E-state index contributed by atoms with van der Waals surface area (Å²) in [6, 6.07) is 23.1. The highest BCUT2D eigenvalue weighted by Crippen LogP contribution is 2.34. The Morgan fingerprint density at radius 3 is 2.60 bits per heavy atom. The Bertz CT molecular complexity index is 1200. The smallest absolute Gasteiger partial charge is 0.259 e. The van der Waals surface area contributed by atoms with Gasteiger partial charge in [0.1, 0.15) is 18.2 Å². The summed E-state index contributed by atoms with van der Waals surface area (Å²) in [6.45, 7) is 0.916. The van der Waals surface area contributed by atoms with Crippen LogP contribution in [0.1, 0.15) is 10.4 Å². The number of thiazole rings is 1. The lowest BCUT2D eigenvalue weighted by Gasteiger charge is -2.20. The molecule has 0 spiro atoms.